The van der Waals surface area contributed by atoms with Crippen molar-refractivity contribution in [2.45, 2.75) is 13.8 Å². The molecule has 0 N–H and O–H groups in total. The molecule has 0 spiro atoms. The molecule has 114 valence electrons. The number of benzene rings is 1. The lowest BCUT2D eigenvalue weighted by atomic mass is 10.1. The van der Waals surface area contributed by atoms with Crippen LogP contribution in [0.4, 0.5) is 0 Å². The van der Waals surface area contributed by atoms with E-state index in [2.05, 4.69) is 15.1 Å². The molecule has 6 nitrogen and oxygen atoms in total. The Morgan fingerprint density at radius 3 is 2.45 bits per heavy atom. The van der Waals surface area contributed by atoms with E-state index in [9.17, 15) is 0 Å². The van der Waals surface area contributed by atoms with E-state index in [0.29, 0.717) is 23.0 Å². The summed E-state index contributed by atoms with van der Waals surface area (Å²) in [5.74, 6) is 1.92. The van der Waals surface area contributed by atoms with Gasteiger partial charge in [0.2, 0.25) is 5.28 Å². The Balaban J connectivity index is 2.28. The van der Waals surface area contributed by atoms with Crippen LogP contribution in [0.1, 0.15) is 11.5 Å². The standard InChI is InChI=1S/C15H15ClN4O2/c1-8-13(10-5-6-11(21-3)12(7-10)22-4)14-17-9(2)18-15(16)20(14)19-8/h5-7H,1-4H3. The molecular weight excluding hydrogens is 304 g/mol. The monoisotopic (exact) mass is 318 g/mol. The zero-order valence-corrected chi connectivity index (χ0v) is 13.5. The Morgan fingerprint density at radius 1 is 1.05 bits per heavy atom. The van der Waals surface area contributed by atoms with E-state index in [0.717, 1.165) is 16.8 Å². The number of fused-ring (bicyclic) bond motifs is 1. The quantitative estimate of drug-likeness (QED) is 0.742. The topological polar surface area (TPSA) is 61.5 Å². The molecule has 0 saturated carbocycles. The van der Waals surface area contributed by atoms with Gasteiger partial charge in [-0.2, -0.15) is 9.61 Å². The summed E-state index contributed by atoms with van der Waals surface area (Å²) in [5, 5.41) is 4.71. The molecular formula is C15H15ClN4O2. The number of aromatic nitrogens is 4. The summed E-state index contributed by atoms with van der Waals surface area (Å²) in [6.07, 6.45) is 0. The van der Waals surface area contributed by atoms with Gasteiger partial charge in [0.25, 0.3) is 0 Å². The Labute approximate surface area is 132 Å². The number of hydrogen-bond acceptors (Lipinski definition) is 5. The molecule has 2 aromatic heterocycles. The van der Waals surface area contributed by atoms with Crippen molar-refractivity contribution in [2.24, 2.45) is 0 Å². The Kier molecular flexibility index (Phi) is 3.62. The first-order valence-electron chi connectivity index (χ1n) is 6.67. The highest BCUT2D eigenvalue weighted by Gasteiger charge is 2.17. The van der Waals surface area contributed by atoms with Gasteiger partial charge >= 0.3 is 0 Å². The van der Waals surface area contributed by atoms with Crippen LogP contribution in [0.25, 0.3) is 16.8 Å². The highest BCUT2D eigenvalue weighted by Crippen LogP contribution is 2.35. The Bertz CT molecular complexity index is 860. The summed E-state index contributed by atoms with van der Waals surface area (Å²) in [5.41, 5.74) is 3.31. The van der Waals surface area contributed by atoms with E-state index < -0.39 is 0 Å². The minimum atomic E-state index is 0.289. The molecule has 7 heteroatoms. The summed E-state index contributed by atoms with van der Waals surface area (Å²) in [7, 11) is 3.21. The minimum Gasteiger partial charge on any atom is -0.493 e. The molecule has 0 aliphatic carbocycles. The summed E-state index contributed by atoms with van der Waals surface area (Å²) in [4.78, 5) is 8.59. The fourth-order valence-electron chi connectivity index (χ4n) is 2.44. The molecule has 3 rings (SSSR count). The maximum Gasteiger partial charge on any atom is 0.227 e. The van der Waals surface area contributed by atoms with Crippen LogP contribution in [0.3, 0.4) is 0 Å². The maximum absolute atomic E-state index is 6.15. The number of ether oxygens (including phenoxy) is 2. The first kappa shape index (κ1) is 14.6. The molecule has 2 heterocycles. The highest BCUT2D eigenvalue weighted by atomic mass is 35.5. The average molecular weight is 319 g/mol. The maximum atomic E-state index is 6.15. The van der Waals surface area contributed by atoms with Crippen molar-refractivity contribution in [1.29, 1.82) is 0 Å². The molecule has 0 radical (unpaired) electrons. The summed E-state index contributed by atoms with van der Waals surface area (Å²) >= 11 is 6.15. The molecule has 0 saturated heterocycles. The molecule has 0 fully saturated rings. The van der Waals surface area contributed by atoms with Gasteiger partial charge in [0.1, 0.15) is 5.82 Å². The molecule has 0 atom stereocenters. The van der Waals surface area contributed by atoms with Gasteiger partial charge in [-0.3, -0.25) is 0 Å². The largest absolute Gasteiger partial charge is 0.493 e. The van der Waals surface area contributed by atoms with Crippen molar-refractivity contribution >= 4 is 17.2 Å². The van der Waals surface area contributed by atoms with Crippen LogP contribution in [0, 0.1) is 13.8 Å². The normalized spacial score (nSPS) is 11.0. The van der Waals surface area contributed by atoms with Gasteiger partial charge in [0.05, 0.1) is 19.9 Å². The van der Waals surface area contributed by atoms with Gasteiger partial charge < -0.3 is 9.47 Å². The van der Waals surface area contributed by atoms with E-state index >= 15 is 0 Å². The van der Waals surface area contributed by atoms with Crippen molar-refractivity contribution in [2.75, 3.05) is 14.2 Å². The lowest BCUT2D eigenvalue weighted by Crippen LogP contribution is -1.98. The number of rotatable bonds is 3. The average Bonchev–Trinajstić information content (AvgIpc) is 2.83. The van der Waals surface area contributed by atoms with Gasteiger partial charge in [-0.05, 0) is 43.1 Å². The van der Waals surface area contributed by atoms with E-state index in [1.165, 1.54) is 4.52 Å². The third-order valence-electron chi connectivity index (χ3n) is 3.40. The molecule has 0 aliphatic rings. The van der Waals surface area contributed by atoms with Gasteiger partial charge in [0.15, 0.2) is 17.1 Å². The number of hydrogen-bond donors (Lipinski definition) is 0. The van der Waals surface area contributed by atoms with E-state index in [4.69, 9.17) is 21.1 Å². The number of halogens is 1. The van der Waals surface area contributed by atoms with E-state index in [1.54, 1.807) is 21.1 Å². The predicted octanol–water partition coefficient (Wildman–Crippen LogP) is 3.08. The van der Waals surface area contributed by atoms with Gasteiger partial charge in [-0.25, -0.2) is 9.97 Å². The van der Waals surface area contributed by atoms with Crippen molar-refractivity contribution in [3.05, 3.63) is 35.0 Å². The first-order chi connectivity index (χ1) is 10.5. The second-order valence-electron chi connectivity index (χ2n) is 4.81. The van der Waals surface area contributed by atoms with Crippen LogP contribution in [-0.4, -0.2) is 33.8 Å². The molecule has 22 heavy (non-hydrogen) atoms. The van der Waals surface area contributed by atoms with E-state index in [1.807, 2.05) is 25.1 Å². The molecule has 0 amide bonds. The SMILES string of the molecule is COc1ccc(-c2c(C)nn3c(Cl)nc(C)nc23)cc1OC. The van der Waals surface area contributed by atoms with Crippen molar-refractivity contribution in [3.63, 3.8) is 0 Å². The number of nitrogens with zero attached hydrogens (tertiary/aromatic N) is 4. The summed E-state index contributed by atoms with van der Waals surface area (Å²) in [6.45, 7) is 3.71. The second-order valence-corrected chi connectivity index (χ2v) is 5.14. The van der Waals surface area contributed by atoms with Gasteiger partial charge in [0, 0.05) is 5.56 Å². The molecule has 0 aliphatic heterocycles. The third-order valence-corrected chi connectivity index (χ3v) is 3.65. The van der Waals surface area contributed by atoms with Crippen LogP contribution >= 0.6 is 11.6 Å². The molecule has 1 aromatic carbocycles. The first-order valence-corrected chi connectivity index (χ1v) is 7.04. The van der Waals surface area contributed by atoms with Gasteiger partial charge in [-0.1, -0.05) is 6.07 Å². The second kappa shape index (κ2) is 5.46. The van der Waals surface area contributed by atoms with Crippen LogP contribution in [0.15, 0.2) is 18.2 Å². The van der Waals surface area contributed by atoms with Crippen molar-refractivity contribution in [1.82, 2.24) is 19.6 Å². The fraction of sp³-hybridized carbons (Fsp3) is 0.267. The zero-order chi connectivity index (χ0) is 15.9. The van der Waals surface area contributed by atoms with Crippen molar-refractivity contribution in [3.8, 4) is 22.6 Å². The molecule has 3 aromatic rings. The lowest BCUT2D eigenvalue weighted by molar-refractivity contribution is 0.355. The van der Waals surface area contributed by atoms with Crippen LogP contribution in [-0.2, 0) is 0 Å². The van der Waals surface area contributed by atoms with Crippen molar-refractivity contribution < 1.29 is 9.47 Å². The summed E-state index contributed by atoms with van der Waals surface area (Å²) in [6, 6.07) is 5.69. The van der Waals surface area contributed by atoms with E-state index in [-0.39, 0.29) is 5.28 Å². The molecule has 0 unspecified atom stereocenters. The van der Waals surface area contributed by atoms with Gasteiger partial charge in [-0.15, -0.1) is 0 Å². The number of methoxy groups -OCH3 is 2. The molecule has 0 bridgehead atoms. The Morgan fingerprint density at radius 2 is 1.77 bits per heavy atom. The highest BCUT2D eigenvalue weighted by molar-refractivity contribution is 6.28. The summed E-state index contributed by atoms with van der Waals surface area (Å²) < 4.78 is 12.2. The van der Waals surface area contributed by atoms with Crippen LogP contribution in [0.2, 0.25) is 5.28 Å². The fourth-order valence-corrected chi connectivity index (χ4v) is 2.68. The van der Waals surface area contributed by atoms with Crippen LogP contribution in [0.5, 0.6) is 11.5 Å². The third kappa shape index (κ3) is 2.25. The zero-order valence-electron chi connectivity index (χ0n) is 12.7. The Hall–Kier alpha value is -2.34. The smallest absolute Gasteiger partial charge is 0.227 e. The van der Waals surface area contributed by atoms with Crippen LogP contribution < -0.4 is 9.47 Å². The minimum absolute atomic E-state index is 0.289. The number of aryl methyl sites for hydroxylation is 2. The lowest BCUT2D eigenvalue weighted by Gasteiger charge is -2.09. The predicted molar refractivity (Wildman–Crippen MR) is 83.8 cm³/mol.